The molecule has 0 amide bonds. The fourth-order valence-electron chi connectivity index (χ4n) is 2.02. The third kappa shape index (κ3) is 2.25. The van der Waals surface area contributed by atoms with Gasteiger partial charge in [0.1, 0.15) is 6.10 Å². The number of hydrogen-bond acceptors (Lipinski definition) is 3. The Morgan fingerprint density at radius 1 is 1.47 bits per heavy atom. The van der Waals surface area contributed by atoms with E-state index in [1.807, 2.05) is 12.3 Å². The summed E-state index contributed by atoms with van der Waals surface area (Å²) in [5.41, 5.74) is 2.17. The zero-order valence-electron chi connectivity index (χ0n) is 9.52. The molecule has 1 aromatic carbocycles. The number of benzene rings is 1. The van der Waals surface area contributed by atoms with Crippen molar-refractivity contribution in [2.24, 2.45) is 0 Å². The summed E-state index contributed by atoms with van der Waals surface area (Å²) >= 11 is 0. The summed E-state index contributed by atoms with van der Waals surface area (Å²) in [6.07, 6.45) is 8.16. The number of H-pyrrole nitrogens is 1. The summed E-state index contributed by atoms with van der Waals surface area (Å²) in [6, 6.07) is 6.18. The summed E-state index contributed by atoms with van der Waals surface area (Å²) in [7, 11) is 0. The first-order valence-corrected chi connectivity index (χ1v) is 5.89. The highest BCUT2D eigenvalue weighted by Gasteiger charge is 2.10. The van der Waals surface area contributed by atoms with Gasteiger partial charge in [0.05, 0.1) is 24.5 Å². The average molecular weight is 229 g/mol. The monoisotopic (exact) mass is 229 g/mol. The number of hydrogen-bond donors (Lipinski definition) is 2. The number of nitrogens with one attached hydrogen (secondary N) is 2. The number of aromatic nitrogens is 2. The van der Waals surface area contributed by atoms with E-state index in [-0.39, 0.29) is 6.10 Å². The smallest absolute Gasteiger partial charge is 0.115 e. The molecule has 1 aliphatic rings. The maximum atomic E-state index is 5.51. The van der Waals surface area contributed by atoms with Crippen molar-refractivity contribution in [3.05, 3.63) is 36.7 Å². The van der Waals surface area contributed by atoms with E-state index in [9.17, 15) is 0 Å². The van der Waals surface area contributed by atoms with E-state index in [4.69, 9.17) is 4.74 Å². The standard InChI is InChI=1S/C13H15N3O/c1-2-6-17-12(3-1)9-14-11-4-5-13-10(7-11)8-15-16-13/h2,4-8,12,14H,1,3,9H2,(H,15,16)/t12-/m1/s1. The molecule has 1 aromatic heterocycles. The van der Waals surface area contributed by atoms with Crippen LogP contribution in [0.5, 0.6) is 0 Å². The van der Waals surface area contributed by atoms with Gasteiger partial charge in [-0.05, 0) is 37.1 Å². The van der Waals surface area contributed by atoms with Crippen LogP contribution in [-0.4, -0.2) is 22.8 Å². The van der Waals surface area contributed by atoms with Crippen molar-refractivity contribution < 1.29 is 4.74 Å². The van der Waals surface area contributed by atoms with Crippen LogP contribution in [0.15, 0.2) is 36.7 Å². The molecule has 0 bridgehead atoms. The lowest BCUT2D eigenvalue weighted by molar-refractivity contribution is 0.135. The molecule has 1 atom stereocenters. The van der Waals surface area contributed by atoms with Gasteiger partial charge in [-0.25, -0.2) is 0 Å². The summed E-state index contributed by atoms with van der Waals surface area (Å²) in [5.74, 6) is 0. The highest BCUT2D eigenvalue weighted by atomic mass is 16.5. The summed E-state index contributed by atoms with van der Waals surface area (Å²) in [6.45, 7) is 0.841. The molecule has 0 saturated heterocycles. The number of allylic oxidation sites excluding steroid dienone is 1. The lowest BCUT2D eigenvalue weighted by atomic mass is 10.1. The second-order valence-electron chi connectivity index (χ2n) is 4.26. The van der Waals surface area contributed by atoms with Gasteiger partial charge < -0.3 is 10.1 Å². The minimum Gasteiger partial charge on any atom is -0.497 e. The molecule has 4 nitrogen and oxygen atoms in total. The number of aromatic amines is 1. The Bertz CT molecular complexity index is 532. The van der Waals surface area contributed by atoms with Crippen molar-refractivity contribution in [2.75, 3.05) is 11.9 Å². The first-order valence-electron chi connectivity index (χ1n) is 5.89. The molecule has 2 heterocycles. The molecule has 1 aliphatic heterocycles. The third-order valence-corrected chi connectivity index (χ3v) is 3.00. The van der Waals surface area contributed by atoms with E-state index >= 15 is 0 Å². The highest BCUT2D eigenvalue weighted by Crippen LogP contribution is 2.17. The molecule has 0 fully saturated rings. The summed E-state index contributed by atoms with van der Waals surface area (Å²) in [5, 5.41) is 11.5. The second kappa shape index (κ2) is 4.49. The number of fused-ring (bicyclic) bond motifs is 1. The fourth-order valence-corrected chi connectivity index (χ4v) is 2.02. The van der Waals surface area contributed by atoms with Crippen molar-refractivity contribution in [3.63, 3.8) is 0 Å². The topological polar surface area (TPSA) is 49.9 Å². The van der Waals surface area contributed by atoms with Gasteiger partial charge in [0.25, 0.3) is 0 Å². The van der Waals surface area contributed by atoms with Crippen LogP contribution in [0, 0.1) is 0 Å². The van der Waals surface area contributed by atoms with Crippen molar-refractivity contribution >= 4 is 16.6 Å². The van der Waals surface area contributed by atoms with Crippen LogP contribution in [0.4, 0.5) is 5.69 Å². The predicted molar refractivity (Wildman–Crippen MR) is 67.8 cm³/mol. The van der Waals surface area contributed by atoms with E-state index < -0.39 is 0 Å². The van der Waals surface area contributed by atoms with Crippen LogP contribution in [0.1, 0.15) is 12.8 Å². The number of nitrogens with zero attached hydrogens (tertiary/aromatic N) is 1. The zero-order valence-corrected chi connectivity index (χ0v) is 9.52. The largest absolute Gasteiger partial charge is 0.497 e. The Balaban J connectivity index is 1.65. The molecular formula is C13H15N3O. The molecule has 4 heteroatoms. The molecule has 3 rings (SSSR count). The van der Waals surface area contributed by atoms with Crippen molar-refractivity contribution in [1.82, 2.24) is 10.2 Å². The van der Waals surface area contributed by atoms with Gasteiger partial charge in [-0.2, -0.15) is 5.10 Å². The Morgan fingerprint density at radius 3 is 3.35 bits per heavy atom. The molecule has 2 N–H and O–H groups in total. The number of ether oxygens (including phenoxy) is 1. The van der Waals surface area contributed by atoms with Gasteiger partial charge >= 0.3 is 0 Å². The van der Waals surface area contributed by atoms with Gasteiger partial charge in [0, 0.05) is 11.1 Å². The first kappa shape index (κ1) is 10.2. The molecule has 88 valence electrons. The molecule has 0 aliphatic carbocycles. The molecule has 0 unspecified atom stereocenters. The molecule has 0 spiro atoms. The minimum atomic E-state index is 0.278. The van der Waals surface area contributed by atoms with E-state index in [1.54, 1.807) is 6.26 Å². The van der Waals surface area contributed by atoms with Crippen LogP contribution in [0.2, 0.25) is 0 Å². The summed E-state index contributed by atoms with van der Waals surface area (Å²) in [4.78, 5) is 0. The van der Waals surface area contributed by atoms with Gasteiger partial charge in [-0.3, -0.25) is 5.10 Å². The van der Waals surface area contributed by atoms with Crippen LogP contribution in [0.3, 0.4) is 0 Å². The first-order chi connectivity index (χ1) is 8.42. The molecule has 17 heavy (non-hydrogen) atoms. The van der Waals surface area contributed by atoms with E-state index in [0.717, 1.165) is 36.0 Å². The van der Waals surface area contributed by atoms with Crippen LogP contribution >= 0.6 is 0 Å². The van der Waals surface area contributed by atoms with Gasteiger partial charge in [0.15, 0.2) is 0 Å². The fraction of sp³-hybridized carbons (Fsp3) is 0.308. The number of anilines is 1. The van der Waals surface area contributed by atoms with E-state index in [1.165, 1.54) is 0 Å². The third-order valence-electron chi connectivity index (χ3n) is 3.00. The van der Waals surface area contributed by atoms with Crippen LogP contribution in [0.25, 0.3) is 10.9 Å². The maximum Gasteiger partial charge on any atom is 0.115 e. The van der Waals surface area contributed by atoms with Crippen molar-refractivity contribution in [1.29, 1.82) is 0 Å². The highest BCUT2D eigenvalue weighted by molar-refractivity contribution is 5.81. The normalized spacial score (nSPS) is 19.2. The Hall–Kier alpha value is -1.97. The second-order valence-corrected chi connectivity index (χ2v) is 4.26. The molecule has 0 radical (unpaired) electrons. The lowest BCUT2D eigenvalue weighted by Gasteiger charge is -2.20. The minimum absolute atomic E-state index is 0.278. The van der Waals surface area contributed by atoms with Crippen LogP contribution < -0.4 is 5.32 Å². The van der Waals surface area contributed by atoms with Crippen LogP contribution in [-0.2, 0) is 4.74 Å². The van der Waals surface area contributed by atoms with Gasteiger partial charge in [-0.1, -0.05) is 0 Å². The Labute approximate surface area is 99.7 Å². The van der Waals surface area contributed by atoms with Crippen molar-refractivity contribution in [3.8, 4) is 0 Å². The summed E-state index contributed by atoms with van der Waals surface area (Å²) < 4.78 is 5.51. The number of rotatable bonds is 3. The van der Waals surface area contributed by atoms with Gasteiger partial charge in [-0.15, -0.1) is 0 Å². The lowest BCUT2D eigenvalue weighted by Crippen LogP contribution is -2.22. The molecule has 0 saturated carbocycles. The predicted octanol–water partition coefficient (Wildman–Crippen LogP) is 2.67. The van der Waals surface area contributed by atoms with E-state index in [0.29, 0.717) is 0 Å². The quantitative estimate of drug-likeness (QED) is 0.850. The van der Waals surface area contributed by atoms with Gasteiger partial charge in [0.2, 0.25) is 0 Å². The van der Waals surface area contributed by atoms with Crippen molar-refractivity contribution in [2.45, 2.75) is 18.9 Å². The molecular weight excluding hydrogens is 214 g/mol. The average Bonchev–Trinajstić information content (AvgIpc) is 2.85. The van der Waals surface area contributed by atoms with E-state index in [2.05, 4.69) is 33.7 Å². The maximum absolute atomic E-state index is 5.51. The SMILES string of the molecule is C1=CO[C@@H](CNc2ccc3[nH]ncc3c2)CC1. The zero-order chi connectivity index (χ0) is 11.5. The Morgan fingerprint density at radius 2 is 2.47 bits per heavy atom. The molecule has 2 aromatic rings. The Kier molecular flexibility index (Phi) is 2.69.